The first-order valence-electron chi connectivity index (χ1n) is 6.95. The fraction of sp³-hybridized carbons (Fsp3) is 0.333. The van der Waals surface area contributed by atoms with Gasteiger partial charge in [-0.1, -0.05) is 6.08 Å². The molecule has 2 aromatic heterocycles. The van der Waals surface area contributed by atoms with Crippen molar-refractivity contribution in [2.24, 2.45) is 0 Å². The number of hydrogen-bond donors (Lipinski definition) is 2. The van der Waals surface area contributed by atoms with Crippen LogP contribution in [0.5, 0.6) is 0 Å². The van der Waals surface area contributed by atoms with E-state index in [9.17, 15) is 0 Å². The number of thiophene rings is 1. The highest BCUT2D eigenvalue weighted by Gasteiger charge is 2.37. The van der Waals surface area contributed by atoms with E-state index < -0.39 is 0 Å². The molecule has 0 fully saturated rings. The molecule has 0 unspecified atom stereocenters. The molecule has 0 saturated heterocycles. The van der Waals surface area contributed by atoms with Gasteiger partial charge in [0.25, 0.3) is 0 Å². The quantitative estimate of drug-likeness (QED) is 0.815. The third kappa shape index (κ3) is 2.00. The second-order valence-corrected chi connectivity index (χ2v) is 7.57. The van der Waals surface area contributed by atoms with Gasteiger partial charge in [-0.2, -0.15) is 0 Å². The van der Waals surface area contributed by atoms with Crippen LogP contribution in [-0.4, -0.2) is 15.5 Å². The lowest BCUT2D eigenvalue weighted by Gasteiger charge is -2.36. The number of halogens is 1. The molecule has 2 aliphatic rings. The Morgan fingerprint density at radius 2 is 2.38 bits per heavy atom. The maximum Gasteiger partial charge on any atom is 0.201 e. The monoisotopic (exact) mass is 362 g/mol. The molecule has 4 rings (SSSR count). The molecule has 0 bridgehead atoms. The zero-order chi connectivity index (χ0) is 14.6. The average Bonchev–Trinajstić information content (AvgIpc) is 3.01. The standard InChI is InChI=1S/C15H15BrN4S/c1-15(12-6-9(16)8-21-12)7-13-18-10-4-2-3-5-11(10)20(13)14(17)19-15/h2,4,6,8H,3,5,7H2,1H3,(H2,17,19)/t15-/m0/s1. The number of nitrogens with one attached hydrogen (secondary N) is 2. The fourth-order valence-corrected chi connectivity index (χ4v) is 4.67. The van der Waals surface area contributed by atoms with Gasteiger partial charge in [-0.15, -0.1) is 11.3 Å². The van der Waals surface area contributed by atoms with Crippen LogP contribution < -0.4 is 5.32 Å². The van der Waals surface area contributed by atoms with Gasteiger partial charge in [0.2, 0.25) is 5.96 Å². The Hall–Kier alpha value is -1.40. The minimum absolute atomic E-state index is 0.262. The largest absolute Gasteiger partial charge is 0.345 e. The average molecular weight is 363 g/mol. The van der Waals surface area contributed by atoms with Crippen molar-refractivity contribution >= 4 is 39.3 Å². The Bertz CT molecular complexity index is 773. The molecule has 0 aromatic carbocycles. The molecule has 0 saturated carbocycles. The molecular formula is C15H15BrN4S. The molecule has 0 amide bonds. The number of hydrogen-bond acceptors (Lipinski definition) is 3. The number of imidazole rings is 1. The molecule has 4 nitrogen and oxygen atoms in total. The first-order chi connectivity index (χ1) is 10.1. The van der Waals surface area contributed by atoms with Crippen molar-refractivity contribution < 1.29 is 0 Å². The Morgan fingerprint density at radius 1 is 1.52 bits per heavy atom. The Morgan fingerprint density at radius 3 is 3.14 bits per heavy atom. The van der Waals surface area contributed by atoms with E-state index in [2.05, 4.69) is 51.8 Å². The van der Waals surface area contributed by atoms with Crippen LogP contribution in [0.15, 0.2) is 22.0 Å². The zero-order valence-corrected chi connectivity index (χ0v) is 14.0. The normalized spacial score (nSPS) is 23.6. The number of rotatable bonds is 1. The van der Waals surface area contributed by atoms with Crippen molar-refractivity contribution in [3.8, 4) is 0 Å². The molecule has 1 aliphatic heterocycles. The van der Waals surface area contributed by atoms with Crippen LogP contribution in [0, 0.1) is 5.41 Å². The topological polar surface area (TPSA) is 53.7 Å². The summed E-state index contributed by atoms with van der Waals surface area (Å²) in [5.74, 6) is 1.43. The first kappa shape index (κ1) is 13.3. The maximum atomic E-state index is 8.42. The highest BCUT2D eigenvalue weighted by atomic mass is 79.9. The predicted molar refractivity (Wildman–Crippen MR) is 88.9 cm³/mol. The third-order valence-electron chi connectivity index (χ3n) is 4.14. The van der Waals surface area contributed by atoms with Crippen LogP contribution >= 0.6 is 27.3 Å². The van der Waals surface area contributed by atoms with E-state index in [1.807, 2.05) is 4.57 Å². The molecule has 0 spiro atoms. The van der Waals surface area contributed by atoms with Gasteiger partial charge in [0.15, 0.2) is 0 Å². The van der Waals surface area contributed by atoms with Crippen molar-refractivity contribution in [1.82, 2.24) is 14.9 Å². The minimum atomic E-state index is -0.262. The second-order valence-electron chi connectivity index (χ2n) is 5.75. The summed E-state index contributed by atoms with van der Waals surface area (Å²) in [6, 6.07) is 2.13. The molecule has 0 radical (unpaired) electrons. The van der Waals surface area contributed by atoms with E-state index in [-0.39, 0.29) is 5.54 Å². The number of aromatic nitrogens is 2. The lowest BCUT2D eigenvalue weighted by atomic mass is 9.93. The smallest absolute Gasteiger partial charge is 0.201 e. The molecule has 1 atom stereocenters. The fourth-order valence-electron chi connectivity index (χ4n) is 3.12. The Kier molecular flexibility index (Phi) is 2.87. The highest BCUT2D eigenvalue weighted by Crippen LogP contribution is 2.35. The molecule has 6 heteroatoms. The molecule has 3 heterocycles. The lowest BCUT2D eigenvalue weighted by Crippen LogP contribution is -2.52. The Labute approximate surface area is 135 Å². The maximum absolute atomic E-state index is 8.42. The first-order valence-corrected chi connectivity index (χ1v) is 8.63. The van der Waals surface area contributed by atoms with Crippen LogP contribution in [0.4, 0.5) is 0 Å². The van der Waals surface area contributed by atoms with Gasteiger partial charge >= 0.3 is 0 Å². The van der Waals surface area contributed by atoms with E-state index in [1.165, 1.54) is 10.6 Å². The highest BCUT2D eigenvalue weighted by molar-refractivity contribution is 9.10. The summed E-state index contributed by atoms with van der Waals surface area (Å²) >= 11 is 5.22. The summed E-state index contributed by atoms with van der Waals surface area (Å²) in [5, 5.41) is 13.9. The van der Waals surface area contributed by atoms with Gasteiger partial charge in [-0.3, -0.25) is 9.98 Å². The number of allylic oxidation sites excluding steroid dienone is 1. The molecule has 2 aromatic rings. The van der Waals surface area contributed by atoms with Gasteiger partial charge < -0.3 is 5.32 Å². The SMILES string of the molecule is C[C@@]1(c2cc(Br)cs2)Cc2nc3c(n2C(=N)N1)CCC=C3. The van der Waals surface area contributed by atoms with Gasteiger partial charge in [0, 0.05) is 21.2 Å². The lowest BCUT2D eigenvalue weighted by molar-refractivity contribution is 0.400. The van der Waals surface area contributed by atoms with E-state index in [0.717, 1.165) is 35.3 Å². The van der Waals surface area contributed by atoms with Crippen LogP contribution in [0.2, 0.25) is 0 Å². The minimum Gasteiger partial charge on any atom is -0.345 e. The predicted octanol–water partition coefficient (Wildman–Crippen LogP) is 3.51. The van der Waals surface area contributed by atoms with Crippen LogP contribution in [-0.2, 0) is 18.4 Å². The van der Waals surface area contributed by atoms with E-state index >= 15 is 0 Å². The van der Waals surface area contributed by atoms with Crippen LogP contribution in [0.3, 0.4) is 0 Å². The number of nitrogens with zero attached hydrogens (tertiary/aromatic N) is 2. The summed E-state index contributed by atoms with van der Waals surface area (Å²) in [5.41, 5.74) is 1.93. The van der Waals surface area contributed by atoms with E-state index in [0.29, 0.717) is 5.96 Å². The molecule has 2 N–H and O–H groups in total. The van der Waals surface area contributed by atoms with Gasteiger partial charge in [0.05, 0.1) is 16.9 Å². The zero-order valence-electron chi connectivity index (χ0n) is 11.6. The summed E-state index contributed by atoms with van der Waals surface area (Å²) in [6.07, 6.45) is 7.03. The van der Waals surface area contributed by atoms with Crippen LogP contribution in [0.1, 0.15) is 35.4 Å². The van der Waals surface area contributed by atoms with Gasteiger partial charge in [-0.25, -0.2) is 4.98 Å². The van der Waals surface area contributed by atoms with Crippen molar-refractivity contribution in [2.75, 3.05) is 0 Å². The second kappa shape index (κ2) is 4.55. The number of fused-ring (bicyclic) bond motifs is 3. The molecule has 1 aliphatic carbocycles. The van der Waals surface area contributed by atoms with Crippen molar-refractivity contribution in [1.29, 1.82) is 5.41 Å². The van der Waals surface area contributed by atoms with Crippen molar-refractivity contribution in [2.45, 2.75) is 31.7 Å². The Balaban J connectivity index is 1.80. The molecule has 21 heavy (non-hydrogen) atoms. The van der Waals surface area contributed by atoms with Gasteiger partial charge in [0.1, 0.15) is 5.82 Å². The summed E-state index contributed by atoms with van der Waals surface area (Å²) in [6.45, 7) is 2.15. The molecule has 108 valence electrons. The summed E-state index contributed by atoms with van der Waals surface area (Å²) in [4.78, 5) is 5.98. The summed E-state index contributed by atoms with van der Waals surface area (Å²) < 4.78 is 3.08. The molecular weight excluding hydrogens is 348 g/mol. The van der Waals surface area contributed by atoms with E-state index in [1.54, 1.807) is 11.3 Å². The van der Waals surface area contributed by atoms with Crippen molar-refractivity contribution in [3.63, 3.8) is 0 Å². The van der Waals surface area contributed by atoms with E-state index in [4.69, 9.17) is 10.4 Å². The van der Waals surface area contributed by atoms with Crippen molar-refractivity contribution in [3.05, 3.63) is 44.1 Å². The van der Waals surface area contributed by atoms with Gasteiger partial charge in [-0.05, 0) is 47.8 Å². The summed E-state index contributed by atoms with van der Waals surface area (Å²) in [7, 11) is 0. The third-order valence-corrected chi connectivity index (χ3v) is 6.09. The van der Waals surface area contributed by atoms with Crippen LogP contribution in [0.25, 0.3) is 6.08 Å².